The van der Waals surface area contributed by atoms with E-state index in [0.717, 1.165) is 12.8 Å². The van der Waals surface area contributed by atoms with Crippen molar-refractivity contribution in [2.45, 2.75) is 32.1 Å². The zero-order chi connectivity index (χ0) is 13.2. The summed E-state index contributed by atoms with van der Waals surface area (Å²) in [4.78, 5) is 14.9. The van der Waals surface area contributed by atoms with Crippen LogP contribution < -0.4 is 0 Å². The first-order valence-electron chi connectivity index (χ1n) is 6.93. The first kappa shape index (κ1) is 12.6. The van der Waals surface area contributed by atoms with Gasteiger partial charge in [0.15, 0.2) is 0 Å². The Morgan fingerprint density at radius 3 is 2.58 bits per heavy atom. The summed E-state index contributed by atoms with van der Waals surface area (Å²) in [6.45, 7) is 2.16. The van der Waals surface area contributed by atoms with Crippen LogP contribution in [0.15, 0.2) is 42.5 Å². The highest BCUT2D eigenvalue weighted by molar-refractivity contribution is 7.12. The van der Waals surface area contributed by atoms with Gasteiger partial charge in [-0.1, -0.05) is 37.3 Å². The summed E-state index contributed by atoms with van der Waals surface area (Å²) >= 11 is 1.78. The number of hydrogen-bond acceptors (Lipinski definition) is 2. The molecule has 1 aliphatic rings. The molecule has 0 N–H and O–H groups in total. The number of benzene rings is 1. The average molecular weight is 270 g/mol. The lowest BCUT2D eigenvalue weighted by molar-refractivity contribution is -0.119. The molecule has 1 aliphatic carbocycles. The van der Waals surface area contributed by atoms with Crippen LogP contribution in [0.2, 0.25) is 0 Å². The number of carbonyl (C=O) groups is 1. The molecule has 0 spiro atoms. The summed E-state index contributed by atoms with van der Waals surface area (Å²) < 4.78 is 0. The van der Waals surface area contributed by atoms with Gasteiger partial charge in [0.1, 0.15) is 5.78 Å². The highest BCUT2D eigenvalue weighted by atomic mass is 32.1. The van der Waals surface area contributed by atoms with Crippen molar-refractivity contribution < 1.29 is 4.79 Å². The zero-order valence-corrected chi connectivity index (χ0v) is 12.0. The molecular formula is C17H18OS. The van der Waals surface area contributed by atoms with Gasteiger partial charge in [0.25, 0.3) is 0 Å². The maximum Gasteiger partial charge on any atom is 0.141 e. The molecule has 1 nitrogen and oxygen atoms in total. The summed E-state index contributed by atoms with van der Waals surface area (Å²) in [5.41, 5.74) is 1.32. The lowest BCUT2D eigenvalue weighted by atomic mass is 10.1. The third-order valence-corrected chi connectivity index (χ3v) is 5.08. The molecule has 1 aromatic carbocycles. The van der Waals surface area contributed by atoms with Gasteiger partial charge in [-0.3, -0.25) is 4.79 Å². The SMILES string of the molecule is CCc1ccc(CC(=O)C2CC2c2ccccc2)s1. The van der Waals surface area contributed by atoms with Crippen molar-refractivity contribution in [2.75, 3.05) is 0 Å². The van der Waals surface area contributed by atoms with Crippen LogP contribution >= 0.6 is 11.3 Å². The Morgan fingerprint density at radius 1 is 1.16 bits per heavy atom. The first-order chi connectivity index (χ1) is 9.28. The predicted molar refractivity (Wildman–Crippen MR) is 79.7 cm³/mol. The van der Waals surface area contributed by atoms with Crippen LogP contribution in [0.25, 0.3) is 0 Å². The van der Waals surface area contributed by atoms with Crippen LogP contribution in [0.4, 0.5) is 0 Å². The molecule has 1 aromatic heterocycles. The van der Waals surface area contributed by atoms with Crippen molar-refractivity contribution in [3.8, 4) is 0 Å². The normalized spacial score (nSPS) is 21.3. The minimum atomic E-state index is 0.259. The molecule has 0 bridgehead atoms. The minimum Gasteiger partial charge on any atom is -0.299 e. The van der Waals surface area contributed by atoms with Crippen LogP contribution in [0.3, 0.4) is 0 Å². The molecule has 3 rings (SSSR count). The number of thiophene rings is 1. The number of rotatable bonds is 5. The van der Waals surface area contributed by atoms with Gasteiger partial charge in [0.2, 0.25) is 0 Å². The molecule has 2 heteroatoms. The second kappa shape index (κ2) is 5.30. The van der Waals surface area contributed by atoms with E-state index in [9.17, 15) is 4.79 Å². The molecule has 19 heavy (non-hydrogen) atoms. The third-order valence-electron chi connectivity index (χ3n) is 3.85. The quantitative estimate of drug-likeness (QED) is 0.794. The molecule has 0 radical (unpaired) electrons. The Kier molecular flexibility index (Phi) is 3.52. The molecule has 1 saturated carbocycles. The van der Waals surface area contributed by atoms with Crippen molar-refractivity contribution in [1.29, 1.82) is 0 Å². The van der Waals surface area contributed by atoms with E-state index in [4.69, 9.17) is 0 Å². The molecule has 2 atom stereocenters. The minimum absolute atomic E-state index is 0.259. The van der Waals surface area contributed by atoms with E-state index in [1.807, 2.05) is 6.07 Å². The highest BCUT2D eigenvalue weighted by Gasteiger charge is 2.43. The van der Waals surface area contributed by atoms with Gasteiger partial charge in [-0.15, -0.1) is 11.3 Å². The maximum atomic E-state index is 12.3. The molecule has 98 valence electrons. The van der Waals surface area contributed by atoms with Crippen molar-refractivity contribution in [1.82, 2.24) is 0 Å². The Morgan fingerprint density at radius 2 is 1.89 bits per heavy atom. The number of Topliss-reactive ketones (excluding diaryl/α,β-unsaturated/α-hetero) is 1. The average Bonchev–Trinajstić information content (AvgIpc) is 3.13. The number of hydrogen-bond donors (Lipinski definition) is 0. The fourth-order valence-corrected chi connectivity index (χ4v) is 3.60. The fourth-order valence-electron chi connectivity index (χ4n) is 2.63. The van der Waals surface area contributed by atoms with E-state index in [2.05, 4.69) is 43.3 Å². The Bertz CT molecular complexity index is 570. The summed E-state index contributed by atoms with van der Waals surface area (Å²) in [6.07, 6.45) is 2.72. The molecule has 0 saturated heterocycles. The van der Waals surface area contributed by atoms with Crippen LogP contribution in [0.1, 0.15) is 34.6 Å². The van der Waals surface area contributed by atoms with E-state index in [0.29, 0.717) is 18.1 Å². The van der Waals surface area contributed by atoms with Crippen molar-refractivity contribution in [3.63, 3.8) is 0 Å². The second-order valence-electron chi connectivity index (χ2n) is 5.22. The summed E-state index contributed by atoms with van der Waals surface area (Å²) in [5.74, 6) is 1.15. The highest BCUT2D eigenvalue weighted by Crippen LogP contribution is 2.48. The number of aryl methyl sites for hydroxylation is 1. The van der Waals surface area contributed by atoms with Gasteiger partial charge in [-0.25, -0.2) is 0 Å². The van der Waals surface area contributed by atoms with Gasteiger partial charge in [-0.2, -0.15) is 0 Å². The smallest absolute Gasteiger partial charge is 0.141 e. The predicted octanol–water partition coefficient (Wildman–Crippen LogP) is 4.23. The Balaban J connectivity index is 1.61. The molecule has 0 aliphatic heterocycles. The van der Waals surface area contributed by atoms with E-state index in [1.165, 1.54) is 15.3 Å². The standard InChI is InChI=1S/C17H18OS/c1-2-13-8-9-14(19-13)10-17(18)16-11-15(16)12-6-4-3-5-7-12/h3-9,15-16H,2,10-11H2,1H3. The van der Waals surface area contributed by atoms with Crippen LogP contribution in [0.5, 0.6) is 0 Å². The summed E-state index contributed by atoms with van der Waals surface area (Å²) in [5, 5.41) is 0. The fraction of sp³-hybridized carbons (Fsp3) is 0.353. The van der Waals surface area contributed by atoms with Crippen molar-refractivity contribution >= 4 is 17.1 Å². The van der Waals surface area contributed by atoms with Crippen LogP contribution in [-0.4, -0.2) is 5.78 Å². The Hall–Kier alpha value is -1.41. The summed E-state index contributed by atoms with van der Waals surface area (Å²) in [7, 11) is 0. The van der Waals surface area contributed by atoms with Gasteiger partial charge in [0.05, 0.1) is 0 Å². The topological polar surface area (TPSA) is 17.1 Å². The largest absolute Gasteiger partial charge is 0.299 e. The molecule has 2 unspecified atom stereocenters. The summed E-state index contributed by atoms with van der Waals surface area (Å²) in [6, 6.07) is 14.7. The lowest BCUT2D eigenvalue weighted by Gasteiger charge is -1.99. The molecule has 2 aromatic rings. The number of carbonyl (C=O) groups excluding carboxylic acids is 1. The molecule has 1 heterocycles. The Labute approximate surface area is 118 Å². The van der Waals surface area contributed by atoms with Crippen LogP contribution in [-0.2, 0) is 17.6 Å². The first-order valence-corrected chi connectivity index (χ1v) is 7.75. The second-order valence-corrected chi connectivity index (χ2v) is 6.48. The van der Waals surface area contributed by atoms with Crippen LogP contribution in [0, 0.1) is 5.92 Å². The lowest BCUT2D eigenvalue weighted by Crippen LogP contribution is -2.05. The van der Waals surface area contributed by atoms with E-state index in [1.54, 1.807) is 11.3 Å². The molecule has 0 amide bonds. The maximum absolute atomic E-state index is 12.3. The van der Waals surface area contributed by atoms with Gasteiger partial charge in [0, 0.05) is 22.1 Å². The van der Waals surface area contributed by atoms with Crippen molar-refractivity contribution in [2.24, 2.45) is 5.92 Å². The molecular weight excluding hydrogens is 252 g/mol. The monoisotopic (exact) mass is 270 g/mol. The van der Waals surface area contributed by atoms with E-state index < -0.39 is 0 Å². The third kappa shape index (κ3) is 2.79. The van der Waals surface area contributed by atoms with E-state index in [-0.39, 0.29) is 5.92 Å². The van der Waals surface area contributed by atoms with Gasteiger partial charge < -0.3 is 0 Å². The van der Waals surface area contributed by atoms with Gasteiger partial charge in [-0.05, 0) is 36.5 Å². The van der Waals surface area contributed by atoms with E-state index >= 15 is 0 Å². The number of ketones is 1. The van der Waals surface area contributed by atoms with Crippen molar-refractivity contribution in [3.05, 3.63) is 57.8 Å². The van der Waals surface area contributed by atoms with Gasteiger partial charge >= 0.3 is 0 Å². The molecule has 1 fully saturated rings. The zero-order valence-electron chi connectivity index (χ0n) is 11.1.